The summed E-state index contributed by atoms with van der Waals surface area (Å²) in [6.45, 7) is -0.124. The molecule has 0 bridgehead atoms. The van der Waals surface area contributed by atoms with Gasteiger partial charge in [0.25, 0.3) is 5.24 Å². The number of benzene rings is 1. The molecule has 0 heterocycles. The lowest BCUT2D eigenvalue weighted by molar-refractivity contribution is -0.258. The van der Waals surface area contributed by atoms with Gasteiger partial charge in [0, 0.05) is 26.7 Å². The number of carbonyl (C=O) groups excluding carboxylic acids is 2. The molecule has 2 amide bonds. The Morgan fingerprint density at radius 2 is 1.91 bits per heavy atom. The van der Waals surface area contributed by atoms with Gasteiger partial charge in [-0.25, -0.2) is 0 Å². The van der Waals surface area contributed by atoms with E-state index in [4.69, 9.17) is 0 Å². The van der Waals surface area contributed by atoms with Crippen molar-refractivity contribution >= 4 is 41.0 Å². The second-order valence-corrected chi connectivity index (χ2v) is 5.70. The highest BCUT2D eigenvalue weighted by atomic mass is 35.5. The van der Waals surface area contributed by atoms with E-state index in [9.17, 15) is 22.8 Å². The fraction of sp³-hybridized carbons (Fsp3) is 0.385. The fourth-order valence-electron chi connectivity index (χ4n) is 1.49. The van der Waals surface area contributed by atoms with Crippen LogP contribution in [0.5, 0.6) is 0 Å². The minimum atomic E-state index is -4.87. The quantitative estimate of drug-likeness (QED) is 0.793. The maximum absolute atomic E-state index is 12.0. The summed E-state index contributed by atoms with van der Waals surface area (Å²) in [5, 5.41) is 1.66. The number of quaternary nitrogens is 1. The summed E-state index contributed by atoms with van der Waals surface area (Å²) in [6, 6.07) is 5.07. The Balaban J connectivity index is 0.00000484. The van der Waals surface area contributed by atoms with Gasteiger partial charge in [0.2, 0.25) is 0 Å². The van der Waals surface area contributed by atoms with Gasteiger partial charge in [-0.3, -0.25) is 9.59 Å². The Morgan fingerprint density at radius 3 is 2.39 bits per heavy atom. The molecule has 5 nitrogen and oxygen atoms in total. The van der Waals surface area contributed by atoms with Crippen LogP contribution in [0.1, 0.15) is 5.56 Å². The zero-order chi connectivity index (χ0) is 16.9. The molecule has 0 spiro atoms. The summed E-state index contributed by atoms with van der Waals surface area (Å²) >= 11 is 1.03. The van der Waals surface area contributed by atoms with Gasteiger partial charge in [-0.15, -0.1) is 12.4 Å². The number of nitrogens with zero attached hydrogens (tertiary/aromatic N) is 1. The first-order chi connectivity index (χ1) is 10.1. The Kier molecular flexibility index (Phi) is 8.43. The van der Waals surface area contributed by atoms with Crippen LogP contribution in [0.15, 0.2) is 23.1 Å². The van der Waals surface area contributed by atoms with Crippen LogP contribution in [0, 0.1) is 0 Å². The predicted molar refractivity (Wildman–Crippen MR) is 83.9 cm³/mol. The summed E-state index contributed by atoms with van der Waals surface area (Å²) in [5.41, 5.74) is 5.16. The minimum absolute atomic E-state index is 0. The lowest BCUT2D eigenvalue weighted by Crippen LogP contribution is -2.41. The van der Waals surface area contributed by atoms with Crippen LogP contribution in [0.2, 0.25) is 0 Å². The van der Waals surface area contributed by atoms with Gasteiger partial charge in [0.1, 0.15) is 5.69 Å². The van der Waals surface area contributed by atoms with E-state index < -0.39 is 12.1 Å². The Morgan fingerprint density at radius 1 is 1.30 bits per heavy atom. The van der Waals surface area contributed by atoms with Crippen molar-refractivity contribution in [1.82, 2.24) is 10.2 Å². The maximum atomic E-state index is 12.0. The third kappa shape index (κ3) is 7.10. The van der Waals surface area contributed by atoms with Crippen molar-refractivity contribution in [3.8, 4) is 0 Å². The summed E-state index contributed by atoms with van der Waals surface area (Å²) in [7, 11) is 3.27. The highest BCUT2D eigenvalue weighted by Gasteiger charge is 2.38. The molecular formula is C13H18ClF3N3O2S+. The molecular weight excluding hydrogens is 355 g/mol. The van der Waals surface area contributed by atoms with Crippen molar-refractivity contribution in [2.75, 3.05) is 20.6 Å². The predicted octanol–water partition coefficient (Wildman–Crippen LogP) is 1.98. The van der Waals surface area contributed by atoms with Crippen LogP contribution in [-0.2, 0) is 11.2 Å². The lowest BCUT2D eigenvalue weighted by Gasteiger charge is -2.10. The number of amides is 2. The molecule has 1 aromatic carbocycles. The first-order valence-corrected chi connectivity index (χ1v) is 7.12. The normalized spacial score (nSPS) is 10.7. The number of hydrogen-bond donors (Lipinski definition) is 2. The van der Waals surface area contributed by atoms with Crippen LogP contribution >= 0.6 is 24.2 Å². The summed E-state index contributed by atoms with van der Waals surface area (Å²) in [4.78, 5) is 24.4. The van der Waals surface area contributed by atoms with Crippen molar-refractivity contribution in [1.29, 1.82) is 0 Å². The number of thioether (sulfide) groups is 1. The summed E-state index contributed by atoms with van der Waals surface area (Å²) in [5.74, 6) is -1.95. The van der Waals surface area contributed by atoms with Gasteiger partial charge >= 0.3 is 12.1 Å². The molecule has 0 unspecified atom stereocenters. The van der Waals surface area contributed by atoms with E-state index in [1.165, 1.54) is 4.90 Å². The van der Waals surface area contributed by atoms with Crippen LogP contribution in [-0.4, -0.2) is 42.9 Å². The van der Waals surface area contributed by atoms with E-state index in [0.717, 1.165) is 17.3 Å². The van der Waals surface area contributed by atoms with Crippen molar-refractivity contribution < 1.29 is 28.5 Å². The van der Waals surface area contributed by atoms with Crippen molar-refractivity contribution in [2.24, 2.45) is 0 Å². The Bertz CT molecular complexity index is 568. The van der Waals surface area contributed by atoms with Crippen molar-refractivity contribution in [3.63, 3.8) is 0 Å². The van der Waals surface area contributed by atoms with Crippen molar-refractivity contribution in [2.45, 2.75) is 17.5 Å². The number of alkyl halides is 3. The molecule has 130 valence electrons. The van der Waals surface area contributed by atoms with Gasteiger partial charge < -0.3 is 16.0 Å². The molecule has 23 heavy (non-hydrogen) atoms. The summed E-state index contributed by atoms with van der Waals surface area (Å²) < 4.78 is 36.1. The van der Waals surface area contributed by atoms with Gasteiger partial charge in [0.15, 0.2) is 0 Å². The Labute approximate surface area is 142 Å². The first kappa shape index (κ1) is 21.6. The smallest absolute Gasteiger partial charge is 0.348 e. The Hall–Kier alpha value is -1.45. The molecule has 10 heteroatoms. The highest BCUT2D eigenvalue weighted by molar-refractivity contribution is 8.13. The second kappa shape index (κ2) is 8.99. The largest absolute Gasteiger partial charge is 0.471 e. The molecule has 0 aliphatic heterocycles. The zero-order valence-electron chi connectivity index (χ0n) is 12.6. The molecule has 0 saturated heterocycles. The molecule has 0 radical (unpaired) electrons. The molecule has 0 aliphatic carbocycles. The summed E-state index contributed by atoms with van der Waals surface area (Å²) in [6.07, 6.45) is -4.62. The van der Waals surface area contributed by atoms with Crippen LogP contribution in [0.3, 0.4) is 0 Å². The molecule has 1 rings (SSSR count). The number of hydrogen-bond acceptors (Lipinski definition) is 3. The van der Waals surface area contributed by atoms with E-state index in [0.29, 0.717) is 10.6 Å². The second-order valence-electron chi connectivity index (χ2n) is 4.71. The molecule has 0 aliphatic rings. The van der Waals surface area contributed by atoms with E-state index in [1.54, 1.807) is 37.6 Å². The molecule has 1 aromatic rings. The highest BCUT2D eigenvalue weighted by Crippen LogP contribution is 2.26. The molecule has 0 fully saturated rings. The van der Waals surface area contributed by atoms with Crippen molar-refractivity contribution in [3.05, 3.63) is 23.8 Å². The fourth-order valence-corrected chi connectivity index (χ4v) is 2.19. The van der Waals surface area contributed by atoms with E-state index in [-0.39, 0.29) is 30.6 Å². The van der Waals surface area contributed by atoms with E-state index in [2.05, 4.69) is 5.73 Å². The number of carbonyl (C=O) groups is 2. The number of nitrogens with one attached hydrogen (secondary N) is 1. The first-order valence-electron chi connectivity index (χ1n) is 6.30. The SMILES string of the molecule is CN(C)C(=O)Sc1ccc(CCNC(=O)C(F)(F)F)cc1[NH3+].Cl. The van der Waals surface area contributed by atoms with Crippen LogP contribution in [0.25, 0.3) is 0 Å². The topological polar surface area (TPSA) is 77.1 Å². The number of rotatable bonds is 4. The van der Waals surface area contributed by atoms with Gasteiger partial charge in [-0.2, -0.15) is 13.2 Å². The third-order valence-electron chi connectivity index (χ3n) is 2.64. The van der Waals surface area contributed by atoms with Crippen LogP contribution < -0.4 is 11.1 Å². The molecule has 4 N–H and O–H groups in total. The lowest BCUT2D eigenvalue weighted by atomic mass is 10.1. The average Bonchev–Trinajstić information content (AvgIpc) is 2.40. The minimum Gasteiger partial charge on any atom is -0.348 e. The van der Waals surface area contributed by atoms with Gasteiger partial charge in [-0.1, -0.05) is 6.07 Å². The molecule has 0 saturated carbocycles. The van der Waals surface area contributed by atoms with Gasteiger partial charge in [-0.05, 0) is 29.8 Å². The molecule has 0 atom stereocenters. The number of halogens is 4. The van der Waals surface area contributed by atoms with Crippen LogP contribution in [0.4, 0.5) is 23.7 Å². The molecule has 0 aromatic heterocycles. The monoisotopic (exact) mass is 372 g/mol. The van der Waals surface area contributed by atoms with Gasteiger partial charge in [0.05, 0.1) is 4.90 Å². The van der Waals surface area contributed by atoms with E-state index >= 15 is 0 Å². The third-order valence-corrected chi connectivity index (χ3v) is 3.80. The zero-order valence-corrected chi connectivity index (χ0v) is 14.2. The average molecular weight is 373 g/mol. The standard InChI is InChI=1S/C13H16F3N3O2S.ClH/c1-19(2)12(21)22-10-4-3-8(7-9(10)17)5-6-18-11(20)13(14,15)16;/h3-4,7H,5-6,17H2,1-2H3,(H,18,20);1H/p+1. The maximum Gasteiger partial charge on any atom is 0.471 e. The van der Waals surface area contributed by atoms with E-state index in [1.807, 2.05) is 0 Å².